The van der Waals surface area contributed by atoms with Crippen LogP contribution in [0, 0.1) is 6.92 Å². The minimum absolute atomic E-state index is 0.622. The van der Waals surface area contributed by atoms with Crippen LogP contribution >= 0.6 is 11.8 Å². The topological polar surface area (TPSA) is 9.23 Å². The Labute approximate surface area is 107 Å². The average molecular weight is 244 g/mol. The molecule has 17 heavy (non-hydrogen) atoms. The molecule has 0 aliphatic carbocycles. The highest BCUT2D eigenvalue weighted by Crippen LogP contribution is 2.29. The third kappa shape index (κ3) is 3.27. The van der Waals surface area contributed by atoms with Gasteiger partial charge < -0.3 is 4.74 Å². The fourth-order valence-corrected chi connectivity index (χ4v) is 2.26. The molecule has 0 unspecified atom stereocenters. The highest BCUT2D eigenvalue weighted by molar-refractivity contribution is 7.98. The van der Waals surface area contributed by atoms with Crippen LogP contribution in [-0.4, -0.2) is 6.26 Å². The normalized spacial score (nSPS) is 10.2. The van der Waals surface area contributed by atoms with Gasteiger partial charge in [-0.05, 0) is 36.4 Å². The zero-order chi connectivity index (χ0) is 12.1. The average Bonchev–Trinajstić information content (AvgIpc) is 2.38. The van der Waals surface area contributed by atoms with Gasteiger partial charge >= 0.3 is 0 Å². The largest absolute Gasteiger partial charge is 0.488 e. The summed E-state index contributed by atoms with van der Waals surface area (Å²) < 4.78 is 5.85. The Bertz CT molecular complexity index is 480. The molecule has 2 aromatic carbocycles. The van der Waals surface area contributed by atoms with Gasteiger partial charge in [-0.2, -0.15) is 0 Å². The van der Waals surface area contributed by atoms with E-state index in [2.05, 4.69) is 37.4 Å². The van der Waals surface area contributed by atoms with E-state index in [0.717, 1.165) is 5.75 Å². The van der Waals surface area contributed by atoms with Crippen LogP contribution in [0.4, 0.5) is 0 Å². The summed E-state index contributed by atoms with van der Waals surface area (Å²) in [4.78, 5) is 1.20. The highest BCUT2D eigenvalue weighted by atomic mass is 32.2. The summed E-state index contributed by atoms with van der Waals surface area (Å²) in [7, 11) is 0. The lowest BCUT2D eigenvalue weighted by Gasteiger charge is -2.10. The molecule has 0 saturated carbocycles. The van der Waals surface area contributed by atoms with E-state index in [4.69, 9.17) is 4.74 Å². The van der Waals surface area contributed by atoms with Gasteiger partial charge in [0.2, 0.25) is 0 Å². The van der Waals surface area contributed by atoms with Crippen LogP contribution < -0.4 is 4.74 Å². The zero-order valence-corrected chi connectivity index (χ0v) is 11.0. The Morgan fingerprint density at radius 2 is 1.82 bits per heavy atom. The van der Waals surface area contributed by atoms with Crippen LogP contribution in [0.2, 0.25) is 0 Å². The van der Waals surface area contributed by atoms with Gasteiger partial charge in [-0.25, -0.2) is 0 Å². The molecule has 0 bridgehead atoms. The summed E-state index contributed by atoms with van der Waals surface area (Å²) in [6.45, 7) is 2.72. The Balaban J connectivity index is 2.09. The molecule has 0 N–H and O–H groups in total. The van der Waals surface area contributed by atoms with Gasteiger partial charge in [-0.15, -0.1) is 11.8 Å². The zero-order valence-electron chi connectivity index (χ0n) is 10.1. The summed E-state index contributed by atoms with van der Waals surface area (Å²) in [5.74, 6) is 0.965. The molecule has 0 aliphatic rings. The van der Waals surface area contributed by atoms with Crippen molar-refractivity contribution in [2.75, 3.05) is 6.26 Å². The van der Waals surface area contributed by atoms with E-state index in [1.807, 2.05) is 24.3 Å². The summed E-state index contributed by atoms with van der Waals surface area (Å²) >= 11 is 1.72. The monoisotopic (exact) mass is 244 g/mol. The maximum Gasteiger partial charge on any atom is 0.133 e. The van der Waals surface area contributed by atoms with Gasteiger partial charge in [0.1, 0.15) is 12.4 Å². The molecule has 0 heterocycles. The van der Waals surface area contributed by atoms with Crippen LogP contribution in [-0.2, 0) is 6.61 Å². The quantitative estimate of drug-likeness (QED) is 0.742. The molecule has 0 amide bonds. The second kappa shape index (κ2) is 5.78. The summed E-state index contributed by atoms with van der Waals surface area (Å²) in [6, 6.07) is 16.5. The molecule has 0 radical (unpaired) electrons. The molecule has 0 atom stereocenters. The number of ether oxygens (including phenoxy) is 1. The van der Waals surface area contributed by atoms with Crippen molar-refractivity contribution >= 4 is 11.8 Å². The van der Waals surface area contributed by atoms with Gasteiger partial charge in [0, 0.05) is 4.90 Å². The van der Waals surface area contributed by atoms with E-state index >= 15 is 0 Å². The molecule has 0 saturated heterocycles. The van der Waals surface area contributed by atoms with Gasteiger partial charge in [-0.3, -0.25) is 0 Å². The van der Waals surface area contributed by atoms with Crippen molar-refractivity contribution in [2.24, 2.45) is 0 Å². The molecule has 2 aromatic rings. The lowest BCUT2D eigenvalue weighted by molar-refractivity contribution is 0.299. The van der Waals surface area contributed by atoms with Crippen molar-refractivity contribution in [3.05, 3.63) is 59.7 Å². The molecule has 88 valence electrons. The fourth-order valence-electron chi connectivity index (χ4n) is 1.63. The van der Waals surface area contributed by atoms with E-state index in [9.17, 15) is 0 Å². The maximum absolute atomic E-state index is 5.85. The maximum atomic E-state index is 5.85. The van der Waals surface area contributed by atoms with Crippen LogP contribution in [0.1, 0.15) is 11.1 Å². The molecular formula is C15H16OS. The molecule has 0 spiro atoms. The molecule has 2 rings (SSSR count). The van der Waals surface area contributed by atoms with E-state index in [0.29, 0.717) is 6.61 Å². The molecule has 2 heteroatoms. The van der Waals surface area contributed by atoms with Crippen LogP contribution in [0.5, 0.6) is 5.75 Å². The Morgan fingerprint density at radius 3 is 2.53 bits per heavy atom. The Kier molecular flexibility index (Phi) is 4.10. The summed E-state index contributed by atoms with van der Waals surface area (Å²) in [6.07, 6.45) is 2.07. The third-order valence-corrected chi connectivity index (χ3v) is 3.32. The number of thioether (sulfide) groups is 1. The van der Waals surface area contributed by atoms with Gasteiger partial charge in [0.25, 0.3) is 0 Å². The van der Waals surface area contributed by atoms with Gasteiger partial charge in [0.05, 0.1) is 0 Å². The van der Waals surface area contributed by atoms with E-state index in [1.165, 1.54) is 16.0 Å². The first-order valence-corrected chi connectivity index (χ1v) is 6.83. The molecule has 1 nitrogen and oxygen atoms in total. The Morgan fingerprint density at radius 1 is 1.06 bits per heavy atom. The fraction of sp³-hybridized carbons (Fsp3) is 0.200. The first-order chi connectivity index (χ1) is 8.29. The third-order valence-electron chi connectivity index (χ3n) is 2.56. The van der Waals surface area contributed by atoms with Gasteiger partial charge in [0.15, 0.2) is 0 Å². The van der Waals surface area contributed by atoms with Gasteiger partial charge in [-0.1, -0.05) is 36.4 Å². The first kappa shape index (κ1) is 12.1. The number of hydrogen-bond donors (Lipinski definition) is 0. The minimum Gasteiger partial charge on any atom is -0.488 e. The molecule has 0 aromatic heterocycles. The SMILES string of the molecule is CSc1cc(C)ccc1OCc1ccccc1. The molecular weight excluding hydrogens is 228 g/mol. The van der Waals surface area contributed by atoms with Crippen molar-refractivity contribution in [1.29, 1.82) is 0 Å². The predicted octanol–water partition coefficient (Wildman–Crippen LogP) is 4.30. The lowest BCUT2D eigenvalue weighted by atomic mass is 10.2. The van der Waals surface area contributed by atoms with Crippen LogP contribution in [0.25, 0.3) is 0 Å². The van der Waals surface area contributed by atoms with Crippen molar-refractivity contribution in [1.82, 2.24) is 0 Å². The minimum atomic E-state index is 0.622. The summed E-state index contributed by atoms with van der Waals surface area (Å²) in [5, 5.41) is 0. The number of rotatable bonds is 4. The molecule has 0 fully saturated rings. The smallest absolute Gasteiger partial charge is 0.133 e. The van der Waals surface area contributed by atoms with Crippen molar-refractivity contribution < 1.29 is 4.74 Å². The second-order valence-electron chi connectivity index (χ2n) is 3.93. The highest BCUT2D eigenvalue weighted by Gasteiger charge is 2.03. The number of benzene rings is 2. The Hall–Kier alpha value is -1.41. The van der Waals surface area contributed by atoms with Crippen LogP contribution in [0.15, 0.2) is 53.4 Å². The summed E-state index contributed by atoms with van der Waals surface area (Å²) in [5.41, 5.74) is 2.46. The van der Waals surface area contributed by atoms with Crippen molar-refractivity contribution in [3.63, 3.8) is 0 Å². The number of aryl methyl sites for hydroxylation is 1. The van der Waals surface area contributed by atoms with E-state index in [1.54, 1.807) is 11.8 Å². The van der Waals surface area contributed by atoms with Crippen molar-refractivity contribution in [3.8, 4) is 5.75 Å². The number of hydrogen-bond acceptors (Lipinski definition) is 2. The lowest BCUT2D eigenvalue weighted by Crippen LogP contribution is -1.96. The molecule has 0 aliphatic heterocycles. The second-order valence-corrected chi connectivity index (χ2v) is 4.78. The van der Waals surface area contributed by atoms with Crippen molar-refractivity contribution in [2.45, 2.75) is 18.4 Å². The first-order valence-electron chi connectivity index (χ1n) is 5.61. The standard InChI is InChI=1S/C15H16OS/c1-12-8-9-14(15(10-12)17-2)16-11-13-6-4-3-5-7-13/h3-10H,11H2,1-2H3. The predicted molar refractivity (Wildman–Crippen MR) is 73.7 cm³/mol. The van der Waals surface area contributed by atoms with Crippen LogP contribution in [0.3, 0.4) is 0 Å². The van der Waals surface area contributed by atoms with E-state index in [-0.39, 0.29) is 0 Å². The van der Waals surface area contributed by atoms with E-state index < -0.39 is 0 Å².